The van der Waals surface area contributed by atoms with E-state index in [1.54, 1.807) is 24.3 Å². The molecule has 142 valence electrons. The lowest BCUT2D eigenvalue weighted by Gasteiger charge is -2.21. The predicted octanol–water partition coefficient (Wildman–Crippen LogP) is 1.81. The number of primary amides is 1. The van der Waals surface area contributed by atoms with Crippen molar-refractivity contribution in [2.45, 2.75) is 57.5 Å². The number of hydrogen-bond donors (Lipinski definition) is 4. The van der Waals surface area contributed by atoms with E-state index in [0.717, 1.165) is 18.4 Å². The molecule has 0 radical (unpaired) electrons. The van der Waals surface area contributed by atoms with Gasteiger partial charge in [-0.25, -0.2) is 4.79 Å². The minimum atomic E-state index is -0.588. The summed E-state index contributed by atoms with van der Waals surface area (Å²) >= 11 is 0. The largest absolute Gasteiger partial charge is 0.368 e. The molecule has 5 N–H and O–H groups in total. The van der Waals surface area contributed by atoms with Gasteiger partial charge in [0.05, 0.1) is 6.54 Å². The highest BCUT2D eigenvalue weighted by Crippen LogP contribution is 2.17. The molecule has 0 unspecified atom stereocenters. The van der Waals surface area contributed by atoms with E-state index in [4.69, 9.17) is 5.73 Å². The molecular weight excluding hydrogens is 332 g/mol. The summed E-state index contributed by atoms with van der Waals surface area (Å²) < 4.78 is 0. The Kier molecular flexibility index (Phi) is 7.92. The smallest absolute Gasteiger partial charge is 0.315 e. The Balaban J connectivity index is 1.75. The highest BCUT2D eigenvalue weighted by atomic mass is 16.2. The molecule has 7 heteroatoms. The van der Waals surface area contributed by atoms with Crippen molar-refractivity contribution >= 4 is 17.8 Å². The van der Waals surface area contributed by atoms with Crippen LogP contribution >= 0.6 is 0 Å². The van der Waals surface area contributed by atoms with E-state index in [2.05, 4.69) is 16.0 Å². The lowest BCUT2D eigenvalue weighted by atomic mass is 9.97. The van der Waals surface area contributed by atoms with Crippen LogP contribution in [0.3, 0.4) is 0 Å². The SMILES string of the molecule is NC(=O)CNC(=O)c1ccc(CNC(=O)NC2CCCCCCC2)cc1. The molecule has 0 spiro atoms. The fourth-order valence-electron chi connectivity index (χ4n) is 3.06. The van der Waals surface area contributed by atoms with Crippen molar-refractivity contribution in [2.75, 3.05) is 6.54 Å². The first kappa shape index (κ1) is 19.8. The van der Waals surface area contributed by atoms with E-state index in [0.29, 0.717) is 12.1 Å². The Bertz CT molecular complexity index is 608. The average molecular weight is 360 g/mol. The third kappa shape index (κ3) is 7.13. The highest BCUT2D eigenvalue weighted by molar-refractivity contribution is 5.96. The molecule has 0 aliphatic heterocycles. The van der Waals surface area contributed by atoms with Crippen molar-refractivity contribution in [3.05, 3.63) is 35.4 Å². The minimum absolute atomic E-state index is 0.154. The number of nitrogens with two attached hydrogens (primary N) is 1. The molecular formula is C19H28N4O3. The summed E-state index contributed by atoms with van der Waals surface area (Å²) in [5.74, 6) is -0.945. The molecule has 0 heterocycles. The second-order valence-corrected chi connectivity index (χ2v) is 6.71. The second kappa shape index (κ2) is 10.4. The van der Waals surface area contributed by atoms with Gasteiger partial charge in [-0.3, -0.25) is 9.59 Å². The fraction of sp³-hybridized carbons (Fsp3) is 0.526. The number of carbonyl (C=O) groups is 3. The number of nitrogens with one attached hydrogen (secondary N) is 3. The quantitative estimate of drug-likeness (QED) is 0.620. The maximum atomic E-state index is 12.1. The summed E-state index contributed by atoms with van der Waals surface area (Å²) in [5, 5.41) is 8.35. The molecule has 7 nitrogen and oxygen atoms in total. The maximum absolute atomic E-state index is 12.1. The van der Waals surface area contributed by atoms with Crippen LogP contribution in [0.15, 0.2) is 24.3 Å². The molecule has 1 aromatic rings. The number of carbonyl (C=O) groups excluding carboxylic acids is 3. The van der Waals surface area contributed by atoms with E-state index in [1.165, 1.54) is 32.1 Å². The zero-order valence-electron chi connectivity index (χ0n) is 15.1. The van der Waals surface area contributed by atoms with Gasteiger partial charge < -0.3 is 21.7 Å². The minimum Gasteiger partial charge on any atom is -0.368 e. The zero-order chi connectivity index (χ0) is 18.8. The molecule has 26 heavy (non-hydrogen) atoms. The Hall–Kier alpha value is -2.57. The molecule has 1 saturated carbocycles. The van der Waals surface area contributed by atoms with Gasteiger partial charge in [0.2, 0.25) is 5.91 Å². The van der Waals surface area contributed by atoms with Gasteiger partial charge >= 0.3 is 6.03 Å². The van der Waals surface area contributed by atoms with Crippen LogP contribution in [0.5, 0.6) is 0 Å². The lowest BCUT2D eigenvalue weighted by molar-refractivity contribution is -0.117. The van der Waals surface area contributed by atoms with E-state index < -0.39 is 5.91 Å². The summed E-state index contributed by atoms with van der Waals surface area (Å²) in [6.07, 6.45) is 8.23. The number of amides is 4. The first-order valence-electron chi connectivity index (χ1n) is 9.24. The van der Waals surface area contributed by atoms with Crippen LogP contribution in [0.2, 0.25) is 0 Å². The van der Waals surface area contributed by atoms with Crippen LogP contribution < -0.4 is 21.7 Å². The van der Waals surface area contributed by atoms with Crippen LogP contribution in [0, 0.1) is 0 Å². The zero-order valence-corrected chi connectivity index (χ0v) is 15.1. The number of rotatable bonds is 6. The predicted molar refractivity (Wildman–Crippen MR) is 99.4 cm³/mol. The Labute approximate surface area is 154 Å². The monoisotopic (exact) mass is 360 g/mol. The topological polar surface area (TPSA) is 113 Å². The molecule has 4 amide bonds. The van der Waals surface area contributed by atoms with Gasteiger partial charge in [-0.2, -0.15) is 0 Å². The second-order valence-electron chi connectivity index (χ2n) is 6.71. The summed E-state index contributed by atoms with van der Waals surface area (Å²) in [6.45, 7) is 0.200. The molecule has 1 aliphatic rings. The van der Waals surface area contributed by atoms with Crippen molar-refractivity contribution < 1.29 is 14.4 Å². The molecule has 1 aliphatic carbocycles. The van der Waals surface area contributed by atoms with Gasteiger partial charge in [-0.15, -0.1) is 0 Å². The molecule has 0 saturated heterocycles. The van der Waals surface area contributed by atoms with Crippen molar-refractivity contribution in [2.24, 2.45) is 5.73 Å². The van der Waals surface area contributed by atoms with E-state index in [1.807, 2.05) is 0 Å². The van der Waals surface area contributed by atoms with Crippen LogP contribution in [0.4, 0.5) is 4.79 Å². The molecule has 0 atom stereocenters. The van der Waals surface area contributed by atoms with Crippen molar-refractivity contribution in [1.29, 1.82) is 0 Å². The summed E-state index contributed by atoms with van der Waals surface area (Å²) in [4.78, 5) is 34.6. The maximum Gasteiger partial charge on any atom is 0.315 e. The van der Waals surface area contributed by atoms with Crippen LogP contribution in [-0.2, 0) is 11.3 Å². The number of benzene rings is 1. The number of hydrogen-bond acceptors (Lipinski definition) is 3. The third-order valence-corrected chi connectivity index (χ3v) is 4.53. The van der Waals surface area contributed by atoms with E-state index in [9.17, 15) is 14.4 Å². The Morgan fingerprint density at radius 1 is 0.923 bits per heavy atom. The van der Waals surface area contributed by atoms with Crippen molar-refractivity contribution in [3.8, 4) is 0 Å². The first-order chi connectivity index (χ1) is 12.5. The van der Waals surface area contributed by atoms with Crippen LogP contribution in [0.1, 0.15) is 60.9 Å². The van der Waals surface area contributed by atoms with E-state index in [-0.39, 0.29) is 24.5 Å². The Morgan fingerprint density at radius 2 is 1.54 bits per heavy atom. The molecule has 1 fully saturated rings. The van der Waals surface area contributed by atoms with Gasteiger partial charge in [-0.05, 0) is 30.5 Å². The molecule has 0 bridgehead atoms. The molecule has 0 aromatic heterocycles. The van der Waals surface area contributed by atoms with Gasteiger partial charge in [-0.1, -0.05) is 44.2 Å². The van der Waals surface area contributed by atoms with Crippen molar-refractivity contribution in [3.63, 3.8) is 0 Å². The highest BCUT2D eigenvalue weighted by Gasteiger charge is 2.13. The third-order valence-electron chi connectivity index (χ3n) is 4.53. The van der Waals surface area contributed by atoms with Crippen LogP contribution in [0.25, 0.3) is 0 Å². The summed E-state index contributed by atoms with van der Waals surface area (Å²) in [5.41, 5.74) is 6.33. The molecule has 1 aromatic carbocycles. The van der Waals surface area contributed by atoms with Crippen molar-refractivity contribution in [1.82, 2.24) is 16.0 Å². The average Bonchev–Trinajstić information content (AvgIpc) is 2.60. The van der Waals surface area contributed by atoms with Crippen LogP contribution in [-0.4, -0.2) is 30.4 Å². The van der Waals surface area contributed by atoms with E-state index >= 15 is 0 Å². The van der Waals surface area contributed by atoms with Gasteiger partial charge in [0, 0.05) is 18.2 Å². The Morgan fingerprint density at radius 3 is 2.15 bits per heavy atom. The fourth-order valence-corrected chi connectivity index (χ4v) is 3.06. The van der Waals surface area contributed by atoms with Gasteiger partial charge in [0.15, 0.2) is 0 Å². The standard InChI is InChI=1S/C19H28N4O3/c20-17(24)13-21-18(25)15-10-8-14(9-11-15)12-22-19(26)23-16-6-4-2-1-3-5-7-16/h8-11,16H,1-7,12-13H2,(H2,20,24)(H,21,25)(H2,22,23,26). The normalized spacial score (nSPS) is 15.4. The van der Waals surface area contributed by atoms with Gasteiger partial charge in [0.25, 0.3) is 5.91 Å². The first-order valence-corrected chi connectivity index (χ1v) is 9.24. The lowest BCUT2D eigenvalue weighted by Crippen LogP contribution is -2.42. The number of urea groups is 1. The summed E-state index contributed by atoms with van der Waals surface area (Å²) in [6, 6.07) is 6.95. The van der Waals surface area contributed by atoms with Gasteiger partial charge in [0.1, 0.15) is 0 Å². The summed E-state index contributed by atoms with van der Waals surface area (Å²) in [7, 11) is 0. The molecule has 2 rings (SSSR count).